The van der Waals surface area contributed by atoms with Gasteiger partial charge in [0.15, 0.2) is 9.84 Å². The summed E-state index contributed by atoms with van der Waals surface area (Å²) in [6, 6.07) is 5.15. The van der Waals surface area contributed by atoms with Gasteiger partial charge in [-0.3, -0.25) is 4.79 Å². The lowest BCUT2D eigenvalue weighted by atomic mass is 9.86. The van der Waals surface area contributed by atoms with E-state index in [0.717, 1.165) is 12.8 Å². The van der Waals surface area contributed by atoms with Crippen LogP contribution in [0.15, 0.2) is 27.6 Å². The standard InChI is InChI=1S/C14H18BrNO4S/c1-21(19,20)12-4-2-3-11(15)13(12)16-10-7-5-9(6-8-10)14(17)18/h2-4,9-10,16H,5-8H2,1H3,(H,17,18). The van der Waals surface area contributed by atoms with E-state index >= 15 is 0 Å². The van der Waals surface area contributed by atoms with Crippen LogP contribution in [0.25, 0.3) is 0 Å². The van der Waals surface area contributed by atoms with E-state index in [0.29, 0.717) is 23.0 Å². The van der Waals surface area contributed by atoms with Gasteiger partial charge in [-0.15, -0.1) is 0 Å². The summed E-state index contributed by atoms with van der Waals surface area (Å²) in [7, 11) is -3.32. The Morgan fingerprint density at radius 1 is 1.29 bits per heavy atom. The number of halogens is 1. The van der Waals surface area contributed by atoms with Crippen LogP contribution in [0.4, 0.5) is 5.69 Å². The van der Waals surface area contributed by atoms with E-state index in [2.05, 4.69) is 21.2 Å². The van der Waals surface area contributed by atoms with E-state index in [1.807, 2.05) is 0 Å². The Bertz CT molecular complexity index is 636. The molecule has 1 aromatic carbocycles. The van der Waals surface area contributed by atoms with Gasteiger partial charge >= 0.3 is 5.97 Å². The summed E-state index contributed by atoms with van der Waals surface area (Å²) in [5.41, 5.74) is 0.568. The first kappa shape index (κ1) is 16.3. The van der Waals surface area contributed by atoms with E-state index in [9.17, 15) is 13.2 Å². The smallest absolute Gasteiger partial charge is 0.306 e. The van der Waals surface area contributed by atoms with Crippen molar-refractivity contribution in [3.8, 4) is 0 Å². The number of aliphatic carboxylic acids is 1. The van der Waals surface area contributed by atoms with Crippen LogP contribution in [-0.2, 0) is 14.6 Å². The maximum Gasteiger partial charge on any atom is 0.306 e. The molecule has 116 valence electrons. The van der Waals surface area contributed by atoms with Crippen LogP contribution in [0.5, 0.6) is 0 Å². The molecule has 7 heteroatoms. The highest BCUT2D eigenvalue weighted by atomic mass is 79.9. The van der Waals surface area contributed by atoms with Gasteiger partial charge in [-0.25, -0.2) is 8.42 Å². The molecule has 0 unspecified atom stereocenters. The molecule has 1 aliphatic rings. The highest BCUT2D eigenvalue weighted by molar-refractivity contribution is 9.10. The lowest BCUT2D eigenvalue weighted by Crippen LogP contribution is -2.29. The van der Waals surface area contributed by atoms with Crippen LogP contribution in [0.2, 0.25) is 0 Å². The summed E-state index contributed by atoms with van der Waals surface area (Å²) in [5, 5.41) is 12.3. The number of hydrogen-bond donors (Lipinski definition) is 2. The fraction of sp³-hybridized carbons (Fsp3) is 0.500. The Kier molecular flexibility index (Phi) is 4.93. The van der Waals surface area contributed by atoms with Gasteiger partial charge < -0.3 is 10.4 Å². The molecule has 0 bridgehead atoms. The fourth-order valence-electron chi connectivity index (χ4n) is 2.64. The summed E-state index contributed by atoms with van der Waals surface area (Å²) in [5.74, 6) is -1.03. The minimum absolute atomic E-state index is 0.0970. The third kappa shape index (κ3) is 3.97. The molecule has 0 amide bonds. The second-order valence-electron chi connectivity index (χ2n) is 5.42. The zero-order chi connectivity index (χ0) is 15.6. The molecule has 2 N–H and O–H groups in total. The number of rotatable bonds is 4. The van der Waals surface area contributed by atoms with Crippen molar-refractivity contribution in [2.45, 2.75) is 36.6 Å². The maximum absolute atomic E-state index is 11.9. The topological polar surface area (TPSA) is 83.5 Å². The Labute approximate surface area is 132 Å². The number of para-hydroxylation sites is 1. The Morgan fingerprint density at radius 2 is 1.90 bits per heavy atom. The molecule has 21 heavy (non-hydrogen) atoms. The number of sulfone groups is 1. The van der Waals surface area contributed by atoms with E-state index in [1.165, 1.54) is 6.26 Å². The molecular weight excluding hydrogens is 358 g/mol. The minimum atomic E-state index is -3.32. The molecule has 5 nitrogen and oxygen atoms in total. The van der Waals surface area contributed by atoms with Gasteiger partial charge in [0.1, 0.15) is 0 Å². The Hall–Kier alpha value is -1.08. The van der Waals surface area contributed by atoms with E-state index in [4.69, 9.17) is 5.11 Å². The van der Waals surface area contributed by atoms with Crippen molar-refractivity contribution in [1.29, 1.82) is 0 Å². The zero-order valence-electron chi connectivity index (χ0n) is 11.7. The summed E-state index contributed by atoms with van der Waals surface area (Å²) in [6.07, 6.45) is 3.86. The van der Waals surface area contributed by atoms with Gasteiger partial charge in [0, 0.05) is 16.8 Å². The molecule has 0 aromatic heterocycles. The average Bonchev–Trinajstić information content (AvgIpc) is 2.40. The molecule has 1 aromatic rings. The summed E-state index contributed by atoms with van der Waals surface area (Å²) in [4.78, 5) is 11.2. The third-order valence-electron chi connectivity index (χ3n) is 3.80. The first-order valence-corrected chi connectivity index (χ1v) is 9.45. The quantitative estimate of drug-likeness (QED) is 0.844. The van der Waals surface area contributed by atoms with Crippen molar-refractivity contribution in [3.63, 3.8) is 0 Å². The number of carboxylic acids is 1. The van der Waals surface area contributed by atoms with Crippen molar-refractivity contribution < 1.29 is 18.3 Å². The summed E-state index contributed by atoms with van der Waals surface area (Å²) < 4.78 is 24.4. The monoisotopic (exact) mass is 375 g/mol. The third-order valence-corrected chi connectivity index (χ3v) is 5.60. The average molecular weight is 376 g/mol. The molecule has 1 fully saturated rings. The molecule has 0 heterocycles. The molecule has 0 aliphatic heterocycles. The van der Waals surface area contributed by atoms with Crippen LogP contribution >= 0.6 is 15.9 Å². The number of anilines is 1. The van der Waals surface area contributed by atoms with Gasteiger partial charge in [0.2, 0.25) is 0 Å². The van der Waals surface area contributed by atoms with Crippen LogP contribution < -0.4 is 5.32 Å². The van der Waals surface area contributed by atoms with Crippen LogP contribution in [0, 0.1) is 5.92 Å². The second kappa shape index (κ2) is 6.36. The van der Waals surface area contributed by atoms with Gasteiger partial charge in [-0.1, -0.05) is 6.07 Å². The minimum Gasteiger partial charge on any atom is -0.481 e. The van der Waals surface area contributed by atoms with Gasteiger partial charge in [0.25, 0.3) is 0 Å². The Morgan fingerprint density at radius 3 is 2.43 bits per heavy atom. The predicted molar refractivity (Wildman–Crippen MR) is 84.3 cm³/mol. The van der Waals surface area contributed by atoms with Crippen LogP contribution in [-0.4, -0.2) is 31.8 Å². The number of nitrogens with one attached hydrogen (secondary N) is 1. The fourth-order valence-corrected chi connectivity index (χ4v) is 4.12. The van der Waals surface area contributed by atoms with Crippen molar-refractivity contribution in [1.82, 2.24) is 0 Å². The van der Waals surface area contributed by atoms with Crippen molar-refractivity contribution >= 4 is 37.4 Å². The number of carboxylic acid groups (broad SMARTS) is 1. The first-order valence-electron chi connectivity index (χ1n) is 6.77. The molecule has 1 aliphatic carbocycles. The number of carbonyl (C=O) groups is 1. The molecule has 0 atom stereocenters. The van der Waals surface area contributed by atoms with Crippen molar-refractivity contribution in [2.75, 3.05) is 11.6 Å². The SMILES string of the molecule is CS(=O)(=O)c1cccc(Br)c1NC1CCC(C(=O)O)CC1. The van der Waals surface area contributed by atoms with Crippen molar-refractivity contribution in [3.05, 3.63) is 22.7 Å². The van der Waals surface area contributed by atoms with Crippen LogP contribution in [0.1, 0.15) is 25.7 Å². The Balaban J connectivity index is 2.16. The van der Waals surface area contributed by atoms with Gasteiger partial charge in [0.05, 0.1) is 16.5 Å². The molecular formula is C14H18BrNO4S. The largest absolute Gasteiger partial charge is 0.481 e. The second-order valence-corrected chi connectivity index (χ2v) is 8.25. The molecule has 0 radical (unpaired) electrons. The van der Waals surface area contributed by atoms with Crippen LogP contribution in [0.3, 0.4) is 0 Å². The van der Waals surface area contributed by atoms with Crippen molar-refractivity contribution in [2.24, 2.45) is 5.92 Å². The normalized spacial score (nSPS) is 22.8. The molecule has 1 saturated carbocycles. The molecule has 0 spiro atoms. The maximum atomic E-state index is 11.9. The molecule has 2 rings (SSSR count). The zero-order valence-corrected chi connectivity index (χ0v) is 14.1. The van der Waals surface area contributed by atoms with Gasteiger partial charge in [-0.2, -0.15) is 0 Å². The van der Waals surface area contributed by atoms with E-state index in [-0.39, 0.29) is 16.9 Å². The highest BCUT2D eigenvalue weighted by Gasteiger charge is 2.27. The molecule has 0 saturated heterocycles. The predicted octanol–water partition coefficient (Wildman–Crippen LogP) is 2.91. The summed E-state index contributed by atoms with van der Waals surface area (Å²) >= 11 is 3.38. The lowest BCUT2D eigenvalue weighted by Gasteiger charge is -2.28. The lowest BCUT2D eigenvalue weighted by molar-refractivity contribution is -0.142. The van der Waals surface area contributed by atoms with E-state index < -0.39 is 15.8 Å². The number of hydrogen-bond acceptors (Lipinski definition) is 4. The number of benzene rings is 1. The highest BCUT2D eigenvalue weighted by Crippen LogP contribution is 2.33. The van der Waals surface area contributed by atoms with E-state index in [1.54, 1.807) is 18.2 Å². The summed E-state index contributed by atoms with van der Waals surface area (Å²) in [6.45, 7) is 0. The van der Waals surface area contributed by atoms with Gasteiger partial charge in [-0.05, 0) is 53.7 Å². The first-order chi connectivity index (χ1) is 9.79.